The molecule has 0 spiro atoms. The highest BCUT2D eigenvalue weighted by atomic mass is 16.3. The van der Waals surface area contributed by atoms with E-state index in [1.54, 1.807) is 13.8 Å². The first-order chi connectivity index (χ1) is 4.63. The largest absolute Gasteiger partial charge is 0.392 e. The van der Waals surface area contributed by atoms with Gasteiger partial charge in [-0.05, 0) is 13.8 Å². The SMILES string of the molecule is CC(=O)CCNCC(C)O. The molecule has 0 aromatic carbocycles. The minimum Gasteiger partial charge on any atom is -0.392 e. The molecule has 0 aliphatic carbocycles. The van der Waals surface area contributed by atoms with E-state index in [9.17, 15) is 4.79 Å². The smallest absolute Gasteiger partial charge is 0.131 e. The van der Waals surface area contributed by atoms with E-state index in [0.717, 1.165) is 0 Å². The minimum absolute atomic E-state index is 0.179. The van der Waals surface area contributed by atoms with Crippen molar-refractivity contribution >= 4 is 5.78 Å². The Hall–Kier alpha value is -0.410. The number of hydrogen-bond donors (Lipinski definition) is 2. The summed E-state index contributed by atoms with van der Waals surface area (Å²) >= 11 is 0. The molecule has 10 heavy (non-hydrogen) atoms. The number of carbonyl (C=O) groups excluding carboxylic acids is 1. The highest BCUT2D eigenvalue weighted by Crippen LogP contribution is 1.79. The molecule has 1 unspecified atom stereocenters. The first-order valence-corrected chi connectivity index (χ1v) is 3.51. The monoisotopic (exact) mass is 145 g/mol. The van der Waals surface area contributed by atoms with E-state index in [1.165, 1.54) is 0 Å². The fraction of sp³-hybridized carbons (Fsp3) is 0.857. The Morgan fingerprint density at radius 3 is 2.70 bits per heavy atom. The second kappa shape index (κ2) is 5.38. The van der Waals surface area contributed by atoms with Crippen molar-refractivity contribution in [1.82, 2.24) is 5.32 Å². The Morgan fingerprint density at radius 1 is 1.70 bits per heavy atom. The Kier molecular flexibility index (Phi) is 5.16. The Labute approximate surface area is 61.4 Å². The van der Waals surface area contributed by atoms with Crippen molar-refractivity contribution in [3.8, 4) is 0 Å². The molecule has 0 radical (unpaired) electrons. The summed E-state index contributed by atoms with van der Waals surface area (Å²) in [6.07, 6.45) is 0.221. The number of carbonyl (C=O) groups is 1. The van der Waals surface area contributed by atoms with Crippen LogP contribution in [0.1, 0.15) is 20.3 Å². The van der Waals surface area contributed by atoms with Crippen molar-refractivity contribution in [3.63, 3.8) is 0 Å². The molecule has 3 nitrogen and oxygen atoms in total. The van der Waals surface area contributed by atoms with Gasteiger partial charge in [-0.3, -0.25) is 4.79 Å². The van der Waals surface area contributed by atoms with Crippen molar-refractivity contribution in [2.75, 3.05) is 13.1 Å². The molecule has 0 aliphatic rings. The third kappa shape index (κ3) is 7.59. The summed E-state index contributed by atoms with van der Waals surface area (Å²) in [5.41, 5.74) is 0. The average molecular weight is 145 g/mol. The van der Waals surface area contributed by atoms with Gasteiger partial charge in [0.1, 0.15) is 5.78 Å². The van der Waals surface area contributed by atoms with Crippen molar-refractivity contribution in [3.05, 3.63) is 0 Å². The number of ketones is 1. The first kappa shape index (κ1) is 9.59. The van der Waals surface area contributed by atoms with Crippen LogP contribution >= 0.6 is 0 Å². The molecular weight excluding hydrogens is 130 g/mol. The van der Waals surface area contributed by atoms with Crippen LogP contribution in [0.5, 0.6) is 0 Å². The fourth-order valence-electron chi connectivity index (χ4n) is 0.575. The van der Waals surface area contributed by atoms with Crippen molar-refractivity contribution in [2.45, 2.75) is 26.4 Å². The topological polar surface area (TPSA) is 49.3 Å². The second-order valence-electron chi connectivity index (χ2n) is 2.51. The third-order valence-electron chi connectivity index (χ3n) is 1.09. The minimum atomic E-state index is -0.327. The summed E-state index contributed by atoms with van der Waals surface area (Å²) in [5.74, 6) is 0.179. The van der Waals surface area contributed by atoms with Gasteiger partial charge in [0, 0.05) is 19.5 Å². The fourth-order valence-corrected chi connectivity index (χ4v) is 0.575. The van der Waals surface area contributed by atoms with Crippen LogP contribution in [-0.2, 0) is 4.79 Å². The van der Waals surface area contributed by atoms with Gasteiger partial charge in [-0.15, -0.1) is 0 Å². The molecule has 0 heterocycles. The maximum absolute atomic E-state index is 10.4. The molecule has 0 fully saturated rings. The molecule has 0 aromatic heterocycles. The van der Waals surface area contributed by atoms with Crippen LogP contribution in [0.2, 0.25) is 0 Å². The second-order valence-corrected chi connectivity index (χ2v) is 2.51. The molecule has 3 heteroatoms. The summed E-state index contributed by atoms with van der Waals surface area (Å²) in [5, 5.41) is 11.7. The summed E-state index contributed by atoms with van der Waals surface area (Å²) in [6.45, 7) is 4.50. The summed E-state index contributed by atoms with van der Waals surface area (Å²) in [4.78, 5) is 10.4. The van der Waals surface area contributed by atoms with Gasteiger partial charge in [0.05, 0.1) is 6.10 Å². The summed E-state index contributed by atoms with van der Waals surface area (Å²) in [6, 6.07) is 0. The van der Waals surface area contributed by atoms with Crippen LogP contribution in [0.15, 0.2) is 0 Å². The number of aliphatic hydroxyl groups excluding tert-OH is 1. The van der Waals surface area contributed by atoms with Gasteiger partial charge in [0.2, 0.25) is 0 Å². The van der Waals surface area contributed by atoms with Gasteiger partial charge in [0.15, 0.2) is 0 Å². The molecule has 1 atom stereocenters. The van der Waals surface area contributed by atoms with Crippen molar-refractivity contribution in [1.29, 1.82) is 0 Å². The lowest BCUT2D eigenvalue weighted by molar-refractivity contribution is -0.116. The zero-order chi connectivity index (χ0) is 7.98. The van der Waals surface area contributed by atoms with Crippen molar-refractivity contribution < 1.29 is 9.90 Å². The van der Waals surface area contributed by atoms with Crippen LogP contribution in [0, 0.1) is 0 Å². The highest BCUT2D eigenvalue weighted by molar-refractivity contribution is 5.75. The van der Waals surface area contributed by atoms with Gasteiger partial charge in [0.25, 0.3) is 0 Å². The maximum atomic E-state index is 10.4. The summed E-state index contributed by atoms with van der Waals surface area (Å²) < 4.78 is 0. The van der Waals surface area contributed by atoms with E-state index in [4.69, 9.17) is 5.11 Å². The van der Waals surface area contributed by atoms with Gasteiger partial charge in [-0.25, -0.2) is 0 Å². The van der Waals surface area contributed by atoms with Crippen LogP contribution in [-0.4, -0.2) is 30.1 Å². The molecule has 0 aliphatic heterocycles. The van der Waals surface area contributed by atoms with E-state index < -0.39 is 0 Å². The third-order valence-corrected chi connectivity index (χ3v) is 1.09. The zero-order valence-electron chi connectivity index (χ0n) is 6.55. The average Bonchev–Trinajstić information content (AvgIpc) is 1.79. The van der Waals surface area contributed by atoms with E-state index in [1.807, 2.05) is 0 Å². The lowest BCUT2D eigenvalue weighted by Crippen LogP contribution is -2.26. The molecular formula is C7H15NO2. The zero-order valence-corrected chi connectivity index (χ0v) is 6.55. The normalized spacial score (nSPS) is 13.1. The van der Waals surface area contributed by atoms with Crippen LogP contribution in [0.4, 0.5) is 0 Å². The number of nitrogens with one attached hydrogen (secondary N) is 1. The number of rotatable bonds is 5. The van der Waals surface area contributed by atoms with Gasteiger partial charge in [-0.1, -0.05) is 0 Å². The van der Waals surface area contributed by atoms with Gasteiger partial charge in [-0.2, -0.15) is 0 Å². The quantitative estimate of drug-likeness (QED) is 0.533. The molecule has 0 amide bonds. The predicted octanol–water partition coefficient (Wildman–Crippen LogP) is -0.0641. The first-order valence-electron chi connectivity index (χ1n) is 3.51. The maximum Gasteiger partial charge on any atom is 0.131 e. The number of hydrogen-bond acceptors (Lipinski definition) is 3. The van der Waals surface area contributed by atoms with E-state index in [2.05, 4.69) is 5.32 Å². The predicted molar refractivity (Wildman–Crippen MR) is 39.8 cm³/mol. The van der Waals surface area contributed by atoms with Gasteiger partial charge >= 0.3 is 0 Å². The highest BCUT2D eigenvalue weighted by Gasteiger charge is 1.94. The number of aliphatic hydroxyl groups is 1. The molecule has 0 saturated heterocycles. The van der Waals surface area contributed by atoms with Crippen molar-refractivity contribution in [2.24, 2.45) is 0 Å². The molecule has 0 saturated carbocycles. The Bertz CT molecular complexity index is 102. The lowest BCUT2D eigenvalue weighted by Gasteiger charge is -2.04. The standard InChI is InChI=1S/C7H15NO2/c1-6(9)3-4-8-5-7(2)10/h7-8,10H,3-5H2,1-2H3. The van der Waals surface area contributed by atoms with E-state index in [0.29, 0.717) is 19.5 Å². The molecule has 0 rings (SSSR count). The van der Waals surface area contributed by atoms with Crippen LogP contribution in [0.25, 0.3) is 0 Å². The molecule has 60 valence electrons. The Morgan fingerprint density at radius 2 is 2.30 bits per heavy atom. The molecule has 0 aromatic rings. The summed E-state index contributed by atoms with van der Waals surface area (Å²) in [7, 11) is 0. The molecule has 2 N–H and O–H groups in total. The van der Waals surface area contributed by atoms with Crippen LogP contribution < -0.4 is 5.32 Å². The van der Waals surface area contributed by atoms with Gasteiger partial charge < -0.3 is 10.4 Å². The molecule has 0 bridgehead atoms. The van der Waals surface area contributed by atoms with E-state index >= 15 is 0 Å². The Balaban J connectivity index is 2.98. The number of Topliss-reactive ketones (excluding diaryl/α,β-unsaturated/α-hetero) is 1. The van der Waals surface area contributed by atoms with E-state index in [-0.39, 0.29) is 11.9 Å². The van der Waals surface area contributed by atoms with Crippen LogP contribution in [0.3, 0.4) is 0 Å². The lowest BCUT2D eigenvalue weighted by atomic mass is 10.3.